The largest absolute Gasteiger partial charge is 0.422 e. The van der Waals surface area contributed by atoms with E-state index >= 15 is 0 Å². The molecule has 2 aliphatic rings. The molecule has 228 valence electrons. The van der Waals surface area contributed by atoms with Crippen LogP contribution >= 0.6 is 43.2 Å². The Morgan fingerprint density at radius 1 is 1.00 bits per heavy atom. The summed E-state index contributed by atoms with van der Waals surface area (Å²) in [7, 11) is 0. The predicted molar refractivity (Wildman–Crippen MR) is 193 cm³/mol. The second-order valence-corrected chi connectivity index (χ2v) is 14.2. The molecule has 0 spiro atoms. The number of hydrogen-bond acceptors (Lipinski definition) is 7. The van der Waals surface area contributed by atoms with Crippen molar-refractivity contribution in [3.8, 4) is 10.4 Å². The summed E-state index contributed by atoms with van der Waals surface area (Å²) in [6.07, 6.45) is 7.20. The summed E-state index contributed by atoms with van der Waals surface area (Å²) in [4.78, 5) is 21.1. The molecule has 2 atom stereocenters. The molecule has 3 heterocycles. The number of allylic oxidation sites excluding steroid dienone is 1. The minimum atomic E-state index is -0.361. The first-order chi connectivity index (χ1) is 21.9. The normalized spacial score (nSPS) is 18.8. The van der Waals surface area contributed by atoms with Crippen LogP contribution in [-0.2, 0) is 0 Å². The van der Waals surface area contributed by atoms with Gasteiger partial charge in [0, 0.05) is 51.3 Å². The van der Waals surface area contributed by atoms with Crippen molar-refractivity contribution in [3.63, 3.8) is 0 Å². The Kier molecular flexibility index (Phi) is 8.50. The van der Waals surface area contributed by atoms with Gasteiger partial charge in [0.25, 0.3) is 0 Å². The number of hydrogen-bond donors (Lipinski definition) is 0. The summed E-state index contributed by atoms with van der Waals surface area (Å²) in [6, 6.07) is 24.9. The Balaban J connectivity index is 1.27. The Morgan fingerprint density at radius 2 is 1.73 bits per heavy atom. The maximum Gasteiger partial charge on any atom is 0.345 e. The molecule has 1 fully saturated rings. The summed E-state index contributed by atoms with van der Waals surface area (Å²) in [6.45, 7) is 6.02. The zero-order valence-electron chi connectivity index (χ0n) is 25.0. The highest BCUT2D eigenvalue weighted by Gasteiger charge is 2.43. The average molecular weight is 745 g/mol. The molecule has 45 heavy (non-hydrogen) atoms. The molecule has 0 N–H and O–H groups in total. The molecule has 1 aliphatic carbocycles. The molecule has 1 saturated carbocycles. The lowest BCUT2D eigenvalue weighted by molar-refractivity contribution is 0.487. The first kappa shape index (κ1) is 30.1. The highest BCUT2D eigenvalue weighted by molar-refractivity contribution is 9.10. The Labute approximate surface area is 283 Å². The van der Waals surface area contributed by atoms with E-state index in [1.165, 1.54) is 28.0 Å². The fraction of sp³-hybridized carbons (Fsp3) is 0.250. The van der Waals surface area contributed by atoms with Gasteiger partial charge in [-0.3, -0.25) is 0 Å². The van der Waals surface area contributed by atoms with Crippen molar-refractivity contribution in [3.05, 3.63) is 115 Å². The number of hydrazone groups is 1. The molecule has 6 nitrogen and oxygen atoms in total. The van der Waals surface area contributed by atoms with Gasteiger partial charge in [0.05, 0.1) is 22.2 Å². The van der Waals surface area contributed by atoms with Gasteiger partial charge in [-0.15, -0.1) is 0 Å². The number of halogens is 2. The lowest BCUT2D eigenvalue weighted by Crippen LogP contribution is -2.28. The van der Waals surface area contributed by atoms with Crippen LogP contribution in [0.15, 0.2) is 108 Å². The highest BCUT2D eigenvalue weighted by Crippen LogP contribution is 2.48. The minimum absolute atomic E-state index is 0.00669. The van der Waals surface area contributed by atoms with Crippen LogP contribution in [0, 0.1) is 5.92 Å². The molecule has 2 aromatic heterocycles. The van der Waals surface area contributed by atoms with E-state index in [9.17, 15) is 4.79 Å². The SMILES string of the molecule is CCN(CC)c1ccc2cc(-c3cnc(N4N=C5/C(=C/c6ccc(Br)cc6)CCC[C@H]5[C@H]4c4ccc(Br)cc4)s3)c(=O)oc2c1. The van der Waals surface area contributed by atoms with Gasteiger partial charge >= 0.3 is 5.63 Å². The topological polar surface area (TPSA) is 61.9 Å². The molecule has 0 unspecified atom stereocenters. The number of benzene rings is 3. The maximum absolute atomic E-state index is 13.3. The molecule has 5 aromatic rings. The first-order valence-electron chi connectivity index (χ1n) is 15.3. The molecule has 3 aromatic carbocycles. The van der Waals surface area contributed by atoms with Crippen molar-refractivity contribution >= 4 is 76.8 Å². The number of nitrogens with zero attached hydrogens (tertiary/aromatic N) is 4. The van der Waals surface area contributed by atoms with Crippen LogP contribution < -0.4 is 15.5 Å². The second-order valence-electron chi connectivity index (χ2n) is 11.4. The second kappa shape index (κ2) is 12.7. The number of rotatable bonds is 7. The first-order valence-corrected chi connectivity index (χ1v) is 17.7. The highest BCUT2D eigenvalue weighted by atomic mass is 79.9. The van der Waals surface area contributed by atoms with E-state index in [1.807, 2.05) is 18.2 Å². The zero-order valence-corrected chi connectivity index (χ0v) is 29.0. The molecule has 7 rings (SSSR count). The van der Waals surface area contributed by atoms with Crippen molar-refractivity contribution in [2.45, 2.75) is 39.2 Å². The smallest absolute Gasteiger partial charge is 0.345 e. The van der Waals surface area contributed by atoms with Crippen LogP contribution in [0.25, 0.3) is 27.5 Å². The number of thiazole rings is 1. The van der Waals surface area contributed by atoms with Gasteiger partial charge in [-0.05, 0) is 98.4 Å². The summed E-state index contributed by atoms with van der Waals surface area (Å²) < 4.78 is 7.97. The predicted octanol–water partition coefficient (Wildman–Crippen LogP) is 10.1. The van der Waals surface area contributed by atoms with Gasteiger partial charge in [-0.25, -0.2) is 14.8 Å². The lowest BCUT2D eigenvalue weighted by Gasteiger charge is -2.29. The zero-order chi connectivity index (χ0) is 31.1. The molecular formula is C36H32Br2N4O2S. The van der Waals surface area contributed by atoms with E-state index in [0.717, 1.165) is 68.1 Å². The van der Waals surface area contributed by atoms with Gasteiger partial charge < -0.3 is 9.32 Å². The van der Waals surface area contributed by atoms with Crippen LogP contribution in [0.2, 0.25) is 0 Å². The lowest BCUT2D eigenvalue weighted by atomic mass is 9.77. The fourth-order valence-corrected chi connectivity index (χ4v) is 7.90. The van der Waals surface area contributed by atoms with E-state index in [-0.39, 0.29) is 17.6 Å². The van der Waals surface area contributed by atoms with Crippen LogP contribution in [0.4, 0.5) is 10.8 Å². The summed E-state index contributed by atoms with van der Waals surface area (Å²) in [5, 5.41) is 9.01. The van der Waals surface area contributed by atoms with E-state index in [4.69, 9.17) is 14.5 Å². The number of fused-ring (bicyclic) bond motifs is 2. The number of aromatic nitrogens is 1. The van der Waals surface area contributed by atoms with Crippen LogP contribution in [0.1, 0.15) is 50.3 Å². The van der Waals surface area contributed by atoms with Crippen molar-refractivity contribution in [2.75, 3.05) is 23.0 Å². The van der Waals surface area contributed by atoms with Gasteiger partial charge in [-0.1, -0.05) is 67.5 Å². The van der Waals surface area contributed by atoms with E-state index in [2.05, 4.69) is 116 Å². The van der Waals surface area contributed by atoms with Crippen LogP contribution in [0.5, 0.6) is 0 Å². The third-order valence-corrected chi connectivity index (χ3v) is 10.8. The Morgan fingerprint density at radius 3 is 2.47 bits per heavy atom. The van der Waals surface area contributed by atoms with Crippen LogP contribution in [0.3, 0.4) is 0 Å². The fourth-order valence-electron chi connectivity index (χ4n) is 6.46. The molecule has 0 saturated heterocycles. The molecule has 0 bridgehead atoms. The minimum Gasteiger partial charge on any atom is -0.422 e. The van der Waals surface area contributed by atoms with Gasteiger partial charge in [-0.2, -0.15) is 5.10 Å². The van der Waals surface area contributed by atoms with Gasteiger partial charge in [0.15, 0.2) is 0 Å². The van der Waals surface area contributed by atoms with Crippen molar-refractivity contribution in [1.82, 2.24) is 4.98 Å². The average Bonchev–Trinajstić information content (AvgIpc) is 3.69. The molecule has 0 amide bonds. The number of anilines is 2. The summed E-state index contributed by atoms with van der Waals surface area (Å²) >= 11 is 8.63. The third kappa shape index (κ3) is 5.93. The monoisotopic (exact) mass is 742 g/mol. The molecule has 0 radical (unpaired) electrons. The molecular weight excluding hydrogens is 712 g/mol. The summed E-state index contributed by atoms with van der Waals surface area (Å²) in [5.74, 6) is 0.236. The molecule has 1 aliphatic heterocycles. The van der Waals surface area contributed by atoms with Gasteiger partial charge in [0.1, 0.15) is 5.58 Å². The van der Waals surface area contributed by atoms with E-state index in [0.29, 0.717) is 11.1 Å². The van der Waals surface area contributed by atoms with Crippen molar-refractivity contribution < 1.29 is 4.42 Å². The van der Waals surface area contributed by atoms with E-state index in [1.54, 1.807) is 6.20 Å². The quantitative estimate of drug-likeness (QED) is 0.155. The van der Waals surface area contributed by atoms with Crippen molar-refractivity contribution in [2.24, 2.45) is 11.0 Å². The summed E-state index contributed by atoms with van der Waals surface area (Å²) in [5.41, 5.74) is 6.55. The standard InChI is InChI=1S/C36H32Br2N4O2S/c1-3-41(4-2)28-17-12-24-19-30(35(43)44-31(24)20-28)32-21-39-36(45-32)42-34(23-10-15-27(38)16-11-23)29-7-5-6-25(33(29)40-42)18-22-8-13-26(37)14-9-22/h8-21,29,34H,3-7H2,1-2H3/b25-18+/t29-,34-/m1/s1. The molecule has 9 heteroatoms. The van der Waals surface area contributed by atoms with Gasteiger partial charge in [0.2, 0.25) is 5.13 Å². The third-order valence-electron chi connectivity index (χ3n) is 8.73. The van der Waals surface area contributed by atoms with E-state index < -0.39 is 0 Å². The van der Waals surface area contributed by atoms with Crippen molar-refractivity contribution in [1.29, 1.82) is 0 Å². The Hall–Kier alpha value is -3.53. The van der Waals surface area contributed by atoms with Crippen LogP contribution in [-0.4, -0.2) is 23.8 Å². The maximum atomic E-state index is 13.3. The Bertz CT molecular complexity index is 1980.